The lowest BCUT2D eigenvalue weighted by atomic mass is 10.2. The average molecular weight is 375 g/mol. The molecule has 25 heavy (non-hydrogen) atoms. The zero-order chi connectivity index (χ0) is 17.8. The second-order valence-electron chi connectivity index (χ2n) is 5.45. The minimum atomic E-state index is -0.378. The number of amides is 1. The molecule has 0 unspecified atom stereocenters. The molecule has 0 radical (unpaired) electrons. The van der Waals surface area contributed by atoms with Crippen LogP contribution in [0.2, 0.25) is 5.02 Å². The molecule has 3 aromatic rings. The van der Waals surface area contributed by atoms with E-state index >= 15 is 0 Å². The number of halogens is 2. The maximum atomic E-state index is 13.4. The third-order valence-corrected chi connectivity index (χ3v) is 4.99. The van der Waals surface area contributed by atoms with Gasteiger partial charge in [-0.3, -0.25) is 4.79 Å². The van der Waals surface area contributed by atoms with E-state index in [1.54, 1.807) is 18.2 Å². The standard InChI is InChI=1S/C19H16ClFN2OS/c1-2-11-23-16-9-8-14(21)12-17(16)25-19(23)22-18(24)10-7-13-5-3-4-6-15(13)20/h3-10,12H,2,11H2,1H3/b10-7+,22-19?. The van der Waals surface area contributed by atoms with Gasteiger partial charge in [0.2, 0.25) is 0 Å². The van der Waals surface area contributed by atoms with Crippen LogP contribution in [0.5, 0.6) is 0 Å². The minimum absolute atomic E-state index is 0.297. The Labute approximate surface area is 153 Å². The quantitative estimate of drug-likeness (QED) is 0.588. The molecule has 0 bridgehead atoms. The van der Waals surface area contributed by atoms with Gasteiger partial charge in [-0.15, -0.1) is 0 Å². The van der Waals surface area contributed by atoms with Crippen LogP contribution in [0.25, 0.3) is 16.3 Å². The third kappa shape index (κ3) is 4.06. The van der Waals surface area contributed by atoms with E-state index in [-0.39, 0.29) is 11.7 Å². The van der Waals surface area contributed by atoms with Crippen LogP contribution in [-0.2, 0) is 11.3 Å². The van der Waals surface area contributed by atoms with E-state index in [0.717, 1.165) is 22.2 Å². The molecule has 0 spiro atoms. The van der Waals surface area contributed by atoms with Crippen LogP contribution in [0.1, 0.15) is 18.9 Å². The van der Waals surface area contributed by atoms with E-state index in [1.807, 2.05) is 29.7 Å². The maximum absolute atomic E-state index is 13.4. The van der Waals surface area contributed by atoms with Gasteiger partial charge >= 0.3 is 0 Å². The molecule has 0 atom stereocenters. The number of nitrogens with zero attached hydrogens (tertiary/aromatic N) is 2. The first kappa shape index (κ1) is 17.6. The number of benzene rings is 2. The molecule has 1 heterocycles. The molecular weight excluding hydrogens is 359 g/mol. The zero-order valence-corrected chi connectivity index (χ0v) is 15.1. The SMILES string of the molecule is CCCn1c(=NC(=O)/C=C/c2ccccc2Cl)sc2cc(F)ccc21. The van der Waals surface area contributed by atoms with Crippen LogP contribution in [0.3, 0.4) is 0 Å². The second kappa shape index (κ2) is 7.76. The van der Waals surface area contributed by atoms with E-state index in [0.29, 0.717) is 16.4 Å². The number of carbonyl (C=O) groups is 1. The predicted octanol–water partition coefficient (Wildman–Crippen LogP) is 5.05. The number of aryl methyl sites for hydroxylation is 1. The molecule has 0 aliphatic carbocycles. The molecule has 2 aromatic carbocycles. The molecular formula is C19H16ClFN2OS. The largest absolute Gasteiger partial charge is 0.316 e. The van der Waals surface area contributed by atoms with Crippen molar-refractivity contribution in [1.29, 1.82) is 0 Å². The average Bonchev–Trinajstić information content (AvgIpc) is 2.91. The number of fused-ring (bicyclic) bond motifs is 1. The summed E-state index contributed by atoms with van der Waals surface area (Å²) in [6, 6.07) is 11.9. The van der Waals surface area contributed by atoms with E-state index < -0.39 is 0 Å². The summed E-state index contributed by atoms with van der Waals surface area (Å²) in [5.74, 6) is -0.675. The topological polar surface area (TPSA) is 34.4 Å². The van der Waals surface area contributed by atoms with Gasteiger partial charge < -0.3 is 4.57 Å². The number of hydrogen-bond acceptors (Lipinski definition) is 2. The Balaban J connectivity index is 1.98. The van der Waals surface area contributed by atoms with Crippen molar-refractivity contribution in [2.45, 2.75) is 19.9 Å². The Hall–Kier alpha value is -2.24. The van der Waals surface area contributed by atoms with Gasteiger partial charge in [-0.05, 0) is 42.3 Å². The zero-order valence-electron chi connectivity index (χ0n) is 13.6. The van der Waals surface area contributed by atoms with Gasteiger partial charge in [0.15, 0.2) is 4.80 Å². The Kier molecular flexibility index (Phi) is 5.46. The molecule has 3 nitrogen and oxygen atoms in total. The fourth-order valence-corrected chi connectivity index (χ4v) is 3.76. The third-order valence-electron chi connectivity index (χ3n) is 3.61. The van der Waals surface area contributed by atoms with E-state index in [1.165, 1.54) is 29.5 Å². The molecule has 0 fully saturated rings. The van der Waals surface area contributed by atoms with Crippen molar-refractivity contribution >= 4 is 45.1 Å². The predicted molar refractivity (Wildman–Crippen MR) is 101 cm³/mol. The van der Waals surface area contributed by atoms with Gasteiger partial charge in [0.1, 0.15) is 5.82 Å². The lowest BCUT2D eigenvalue weighted by Crippen LogP contribution is -2.16. The molecule has 0 aliphatic rings. The van der Waals surface area contributed by atoms with Crippen LogP contribution in [0, 0.1) is 5.82 Å². The van der Waals surface area contributed by atoms with Crippen LogP contribution < -0.4 is 4.80 Å². The Morgan fingerprint density at radius 3 is 2.88 bits per heavy atom. The van der Waals surface area contributed by atoms with Crippen molar-refractivity contribution in [1.82, 2.24) is 4.57 Å². The van der Waals surface area contributed by atoms with Crippen LogP contribution >= 0.6 is 22.9 Å². The first-order valence-corrected chi connectivity index (χ1v) is 9.08. The number of thiazole rings is 1. The van der Waals surface area contributed by atoms with Crippen molar-refractivity contribution in [2.24, 2.45) is 4.99 Å². The minimum Gasteiger partial charge on any atom is -0.316 e. The first-order chi connectivity index (χ1) is 12.1. The Bertz CT molecular complexity index is 1020. The van der Waals surface area contributed by atoms with Crippen LogP contribution in [0.15, 0.2) is 53.5 Å². The van der Waals surface area contributed by atoms with Gasteiger partial charge in [-0.1, -0.05) is 48.1 Å². The van der Waals surface area contributed by atoms with Crippen molar-refractivity contribution in [3.63, 3.8) is 0 Å². The van der Waals surface area contributed by atoms with Crippen LogP contribution in [0.4, 0.5) is 4.39 Å². The smallest absolute Gasteiger partial charge is 0.272 e. The molecule has 3 rings (SSSR count). The fraction of sp³-hybridized carbons (Fsp3) is 0.158. The maximum Gasteiger partial charge on any atom is 0.272 e. The summed E-state index contributed by atoms with van der Waals surface area (Å²) in [7, 11) is 0. The van der Waals surface area contributed by atoms with Crippen molar-refractivity contribution in [3.05, 3.63) is 69.7 Å². The summed E-state index contributed by atoms with van der Waals surface area (Å²) >= 11 is 7.38. The van der Waals surface area contributed by atoms with Gasteiger partial charge in [-0.2, -0.15) is 4.99 Å². The van der Waals surface area contributed by atoms with Crippen LogP contribution in [-0.4, -0.2) is 10.5 Å². The van der Waals surface area contributed by atoms with Gasteiger partial charge in [0.25, 0.3) is 5.91 Å². The van der Waals surface area contributed by atoms with Crippen molar-refractivity contribution in [2.75, 3.05) is 0 Å². The van der Waals surface area contributed by atoms with Crippen molar-refractivity contribution < 1.29 is 9.18 Å². The molecule has 0 aliphatic heterocycles. The highest BCUT2D eigenvalue weighted by Gasteiger charge is 2.07. The summed E-state index contributed by atoms with van der Waals surface area (Å²) < 4.78 is 16.2. The van der Waals surface area contributed by atoms with Gasteiger partial charge in [0, 0.05) is 17.6 Å². The number of aromatic nitrogens is 1. The molecule has 6 heteroatoms. The van der Waals surface area contributed by atoms with Gasteiger partial charge in [-0.25, -0.2) is 4.39 Å². The second-order valence-corrected chi connectivity index (χ2v) is 6.87. The summed E-state index contributed by atoms with van der Waals surface area (Å²) in [5.41, 5.74) is 1.64. The number of rotatable bonds is 4. The molecule has 0 N–H and O–H groups in total. The lowest BCUT2D eigenvalue weighted by Gasteiger charge is -2.01. The highest BCUT2D eigenvalue weighted by Crippen LogP contribution is 2.19. The normalized spacial score (nSPS) is 12.4. The lowest BCUT2D eigenvalue weighted by molar-refractivity contribution is -0.113. The summed E-state index contributed by atoms with van der Waals surface area (Å²) in [6.07, 6.45) is 3.92. The number of carbonyl (C=O) groups excluding carboxylic acids is 1. The van der Waals surface area contributed by atoms with E-state index in [9.17, 15) is 9.18 Å². The van der Waals surface area contributed by atoms with Gasteiger partial charge in [0.05, 0.1) is 10.2 Å². The highest BCUT2D eigenvalue weighted by atomic mass is 35.5. The summed E-state index contributed by atoms with van der Waals surface area (Å²) in [6.45, 7) is 2.76. The van der Waals surface area contributed by atoms with E-state index in [4.69, 9.17) is 11.6 Å². The molecule has 1 aromatic heterocycles. The number of hydrogen-bond donors (Lipinski definition) is 0. The summed E-state index contributed by atoms with van der Waals surface area (Å²) in [4.78, 5) is 17.0. The molecule has 1 amide bonds. The monoisotopic (exact) mass is 374 g/mol. The Morgan fingerprint density at radius 1 is 1.32 bits per heavy atom. The molecule has 0 saturated carbocycles. The highest BCUT2D eigenvalue weighted by molar-refractivity contribution is 7.16. The first-order valence-electron chi connectivity index (χ1n) is 7.88. The van der Waals surface area contributed by atoms with E-state index in [2.05, 4.69) is 4.99 Å². The molecule has 128 valence electrons. The Morgan fingerprint density at radius 2 is 2.12 bits per heavy atom. The van der Waals surface area contributed by atoms with Crippen molar-refractivity contribution in [3.8, 4) is 0 Å². The fourth-order valence-electron chi connectivity index (χ4n) is 2.47. The summed E-state index contributed by atoms with van der Waals surface area (Å²) in [5, 5.41) is 0.574. The molecule has 0 saturated heterocycles.